The van der Waals surface area contributed by atoms with E-state index in [1.54, 1.807) is 6.92 Å². The molecule has 25 heavy (non-hydrogen) atoms. The first-order valence-electron chi connectivity index (χ1n) is 8.52. The van der Waals surface area contributed by atoms with Crippen molar-refractivity contribution < 1.29 is 14.4 Å². The van der Waals surface area contributed by atoms with Crippen molar-refractivity contribution in [2.75, 3.05) is 0 Å². The van der Waals surface area contributed by atoms with Crippen molar-refractivity contribution in [3.8, 4) is 11.1 Å². The number of nitrogens with zero attached hydrogens (tertiary/aromatic N) is 1. The van der Waals surface area contributed by atoms with Gasteiger partial charge in [0.15, 0.2) is 0 Å². The van der Waals surface area contributed by atoms with E-state index in [2.05, 4.69) is 48.1 Å². The van der Waals surface area contributed by atoms with E-state index in [9.17, 15) is 9.59 Å². The van der Waals surface area contributed by atoms with Crippen LogP contribution in [-0.4, -0.2) is 18.0 Å². The molecule has 0 unspecified atom stereocenters. The Bertz CT molecular complexity index is 863. The Labute approximate surface area is 147 Å². The predicted octanol–water partition coefficient (Wildman–Crippen LogP) is 4.50. The second-order valence-electron chi connectivity index (χ2n) is 6.30. The predicted molar refractivity (Wildman–Crippen MR) is 97.8 cm³/mol. The van der Waals surface area contributed by atoms with Crippen LogP contribution in [-0.2, 0) is 15.0 Å². The van der Waals surface area contributed by atoms with Crippen LogP contribution in [0.15, 0.2) is 47.6 Å². The molecule has 4 nitrogen and oxygen atoms in total. The van der Waals surface area contributed by atoms with Crippen LogP contribution < -0.4 is 0 Å². The molecule has 0 aromatic heterocycles. The van der Waals surface area contributed by atoms with Crippen LogP contribution in [0.1, 0.15) is 55.1 Å². The summed E-state index contributed by atoms with van der Waals surface area (Å²) in [4.78, 5) is 27.2. The molecule has 1 aliphatic rings. The topological polar surface area (TPSA) is 55.7 Å². The number of fused-ring (bicyclic) bond motifs is 3. The molecule has 0 amide bonds. The maximum atomic E-state index is 12.6. The third kappa shape index (κ3) is 2.58. The molecule has 1 aliphatic carbocycles. The van der Waals surface area contributed by atoms with Crippen molar-refractivity contribution in [2.24, 2.45) is 5.16 Å². The zero-order valence-electron chi connectivity index (χ0n) is 14.7. The van der Waals surface area contributed by atoms with E-state index < -0.39 is 0 Å². The van der Waals surface area contributed by atoms with Gasteiger partial charge in [-0.1, -0.05) is 55.4 Å². The van der Waals surface area contributed by atoms with Crippen LogP contribution in [0, 0.1) is 0 Å². The lowest BCUT2D eigenvalue weighted by Gasteiger charge is -2.29. The van der Waals surface area contributed by atoms with E-state index in [0.717, 1.165) is 12.8 Å². The number of Topliss-reactive ketones (excluding diaryl/α,β-unsaturated/α-hetero) is 1. The summed E-state index contributed by atoms with van der Waals surface area (Å²) in [5, 5.41) is 3.53. The maximum absolute atomic E-state index is 12.6. The SMILES string of the molecule is CCC1(CC)c2ccccc2-c2ccc(C(=O)/C(C)=N/OC=O)cc21. The average molecular weight is 335 g/mol. The van der Waals surface area contributed by atoms with E-state index in [0.29, 0.717) is 5.56 Å². The van der Waals surface area contributed by atoms with Crippen LogP contribution >= 0.6 is 0 Å². The van der Waals surface area contributed by atoms with E-state index in [1.807, 2.05) is 18.2 Å². The van der Waals surface area contributed by atoms with Gasteiger partial charge in [0.2, 0.25) is 5.78 Å². The van der Waals surface area contributed by atoms with E-state index in [4.69, 9.17) is 0 Å². The van der Waals surface area contributed by atoms with Gasteiger partial charge in [0.05, 0.1) is 0 Å². The molecular weight excluding hydrogens is 314 g/mol. The van der Waals surface area contributed by atoms with Crippen LogP contribution in [0.25, 0.3) is 11.1 Å². The highest BCUT2D eigenvalue weighted by atomic mass is 16.7. The van der Waals surface area contributed by atoms with Crippen molar-refractivity contribution in [1.82, 2.24) is 0 Å². The highest BCUT2D eigenvalue weighted by molar-refractivity contribution is 6.45. The molecule has 0 radical (unpaired) electrons. The van der Waals surface area contributed by atoms with Crippen molar-refractivity contribution in [3.05, 3.63) is 59.2 Å². The molecule has 0 bridgehead atoms. The summed E-state index contributed by atoms with van der Waals surface area (Å²) in [5.74, 6) is -0.235. The largest absolute Gasteiger partial charge is 0.323 e. The molecule has 128 valence electrons. The first kappa shape index (κ1) is 17.1. The summed E-state index contributed by atoms with van der Waals surface area (Å²) in [6, 6.07) is 14.3. The maximum Gasteiger partial charge on any atom is 0.323 e. The number of rotatable bonds is 6. The third-order valence-corrected chi connectivity index (χ3v) is 5.30. The van der Waals surface area contributed by atoms with Gasteiger partial charge in [0.1, 0.15) is 5.71 Å². The van der Waals surface area contributed by atoms with Gasteiger partial charge < -0.3 is 4.84 Å². The lowest BCUT2D eigenvalue weighted by molar-refractivity contribution is -0.128. The number of carbonyl (C=O) groups excluding carboxylic acids is 2. The van der Waals surface area contributed by atoms with E-state index in [-0.39, 0.29) is 23.4 Å². The van der Waals surface area contributed by atoms with Gasteiger partial charge in [-0.25, -0.2) is 0 Å². The highest BCUT2D eigenvalue weighted by Gasteiger charge is 2.40. The molecular formula is C21H21NO3. The molecule has 0 heterocycles. The third-order valence-electron chi connectivity index (χ3n) is 5.30. The van der Waals surface area contributed by atoms with Crippen LogP contribution in [0.4, 0.5) is 0 Å². The van der Waals surface area contributed by atoms with Crippen molar-refractivity contribution >= 4 is 18.0 Å². The van der Waals surface area contributed by atoms with Crippen LogP contribution in [0.5, 0.6) is 0 Å². The van der Waals surface area contributed by atoms with Crippen molar-refractivity contribution in [3.63, 3.8) is 0 Å². The highest BCUT2D eigenvalue weighted by Crippen LogP contribution is 2.52. The zero-order chi connectivity index (χ0) is 18.0. The molecule has 0 atom stereocenters. The first-order chi connectivity index (χ1) is 12.1. The van der Waals surface area contributed by atoms with E-state index in [1.165, 1.54) is 22.3 Å². The zero-order valence-corrected chi connectivity index (χ0v) is 14.7. The minimum Gasteiger partial charge on any atom is -0.321 e. The Kier molecular flexibility index (Phi) is 4.53. The fraction of sp³-hybridized carbons (Fsp3) is 0.286. The minimum absolute atomic E-state index is 0.0768. The lowest BCUT2D eigenvalue weighted by Crippen LogP contribution is -2.23. The monoisotopic (exact) mass is 335 g/mol. The Hall–Kier alpha value is -2.75. The van der Waals surface area contributed by atoms with Gasteiger partial charge in [0, 0.05) is 11.0 Å². The Morgan fingerprint density at radius 3 is 2.44 bits per heavy atom. The Morgan fingerprint density at radius 1 is 1.08 bits per heavy atom. The normalized spacial score (nSPS) is 14.6. The smallest absolute Gasteiger partial charge is 0.321 e. The van der Waals surface area contributed by atoms with Crippen molar-refractivity contribution in [1.29, 1.82) is 0 Å². The fourth-order valence-electron chi connectivity index (χ4n) is 3.96. The summed E-state index contributed by atoms with van der Waals surface area (Å²) in [6.45, 7) is 6.12. The number of hydrogen-bond donors (Lipinski definition) is 0. The molecule has 4 heteroatoms. The summed E-state index contributed by atoms with van der Waals surface area (Å²) in [7, 11) is 0. The van der Waals surface area contributed by atoms with Gasteiger partial charge in [-0.2, -0.15) is 0 Å². The Morgan fingerprint density at radius 2 is 1.76 bits per heavy atom. The molecule has 3 rings (SSSR count). The summed E-state index contributed by atoms with van der Waals surface area (Å²) >= 11 is 0. The molecule has 0 N–H and O–H groups in total. The Balaban J connectivity index is 2.13. The quantitative estimate of drug-likeness (QED) is 0.257. The summed E-state index contributed by atoms with van der Waals surface area (Å²) in [5.41, 5.74) is 5.59. The number of benzene rings is 2. The molecule has 2 aromatic rings. The van der Waals surface area contributed by atoms with Gasteiger partial charge in [-0.05, 0) is 48.1 Å². The van der Waals surface area contributed by atoms with E-state index >= 15 is 0 Å². The number of ketones is 1. The van der Waals surface area contributed by atoms with Gasteiger partial charge in [-0.3, -0.25) is 9.59 Å². The molecule has 0 saturated heterocycles. The lowest BCUT2D eigenvalue weighted by atomic mass is 9.73. The molecule has 0 aliphatic heterocycles. The molecule has 0 saturated carbocycles. The van der Waals surface area contributed by atoms with Gasteiger partial charge in [-0.15, -0.1) is 0 Å². The average Bonchev–Trinajstić information content (AvgIpc) is 2.95. The second-order valence-corrected chi connectivity index (χ2v) is 6.30. The number of hydrogen-bond acceptors (Lipinski definition) is 4. The first-order valence-corrected chi connectivity index (χ1v) is 8.52. The fourth-order valence-corrected chi connectivity index (χ4v) is 3.96. The summed E-state index contributed by atoms with van der Waals surface area (Å²) < 4.78 is 0. The molecule has 0 spiro atoms. The summed E-state index contributed by atoms with van der Waals surface area (Å²) in [6.07, 6.45) is 1.93. The number of carbonyl (C=O) groups is 2. The number of oxime groups is 1. The molecule has 2 aromatic carbocycles. The molecule has 0 fully saturated rings. The standard InChI is InChI=1S/C21H21NO3/c1-4-21(5-2)18-9-7-6-8-16(18)17-11-10-15(12-19(17)21)20(24)14(3)22-25-13-23/h6-13H,4-5H2,1-3H3/b22-14+. The second kappa shape index (κ2) is 6.63. The van der Waals surface area contributed by atoms with Gasteiger partial charge in [0.25, 0.3) is 0 Å². The van der Waals surface area contributed by atoms with Crippen LogP contribution in [0.2, 0.25) is 0 Å². The minimum atomic E-state index is -0.235. The van der Waals surface area contributed by atoms with Gasteiger partial charge >= 0.3 is 6.47 Å². The van der Waals surface area contributed by atoms with Crippen molar-refractivity contribution in [2.45, 2.75) is 39.0 Å². The van der Waals surface area contributed by atoms with Crippen LogP contribution in [0.3, 0.4) is 0 Å².